The third kappa shape index (κ3) is 1.03. The standard InChI is InChI=1S/C10H12N2S/c1-2-8-10-9(5-6-13-10)12(11-8)7-3-4-7/h5-7H,2-4H2,1H3. The van der Waals surface area contributed by atoms with Crippen LogP contribution in [0, 0.1) is 0 Å². The predicted molar refractivity (Wildman–Crippen MR) is 55.3 cm³/mol. The van der Waals surface area contributed by atoms with Crippen molar-refractivity contribution in [1.82, 2.24) is 9.78 Å². The van der Waals surface area contributed by atoms with Gasteiger partial charge in [0.1, 0.15) is 0 Å². The number of nitrogens with zero attached hydrogens (tertiary/aromatic N) is 2. The fraction of sp³-hybridized carbons (Fsp3) is 0.500. The molecule has 2 heterocycles. The molecule has 1 saturated carbocycles. The lowest BCUT2D eigenvalue weighted by molar-refractivity contribution is 0.653. The summed E-state index contributed by atoms with van der Waals surface area (Å²) in [5.41, 5.74) is 2.63. The van der Waals surface area contributed by atoms with Crippen LogP contribution in [0.25, 0.3) is 10.2 Å². The Bertz CT molecular complexity index is 437. The van der Waals surface area contributed by atoms with Crippen LogP contribution in [0.4, 0.5) is 0 Å². The van der Waals surface area contributed by atoms with E-state index in [-0.39, 0.29) is 0 Å². The molecule has 2 aromatic heterocycles. The van der Waals surface area contributed by atoms with E-state index in [0.717, 1.165) is 6.42 Å². The molecule has 0 radical (unpaired) electrons. The smallest absolute Gasteiger partial charge is 0.0800 e. The highest BCUT2D eigenvalue weighted by molar-refractivity contribution is 7.17. The van der Waals surface area contributed by atoms with Crippen LogP contribution >= 0.6 is 11.3 Å². The third-order valence-corrected chi connectivity index (χ3v) is 3.56. The number of hydrogen-bond acceptors (Lipinski definition) is 2. The Morgan fingerprint density at radius 2 is 2.46 bits per heavy atom. The van der Waals surface area contributed by atoms with Gasteiger partial charge in [0.25, 0.3) is 0 Å². The fourth-order valence-electron chi connectivity index (χ4n) is 1.76. The van der Waals surface area contributed by atoms with Crippen molar-refractivity contribution >= 4 is 21.6 Å². The molecule has 0 bridgehead atoms. The zero-order valence-electron chi connectivity index (χ0n) is 7.66. The van der Waals surface area contributed by atoms with Crippen LogP contribution in [0.1, 0.15) is 31.5 Å². The molecule has 0 atom stereocenters. The number of hydrogen-bond donors (Lipinski definition) is 0. The Kier molecular flexibility index (Phi) is 1.50. The molecule has 0 saturated heterocycles. The molecule has 68 valence electrons. The molecule has 2 aromatic rings. The van der Waals surface area contributed by atoms with Crippen molar-refractivity contribution in [2.24, 2.45) is 0 Å². The van der Waals surface area contributed by atoms with E-state index in [1.165, 1.54) is 28.8 Å². The van der Waals surface area contributed by atoms with Gasteiger partial charge in [0.2, 0.25) is 0 Å². The minimum absolute atomic E-state index is 0.706. The van der Waals surface area contributed by atoms with Crippen LogP contribution in [-0.2, 0) is 6.42 Å². The quantitative estimate of drug-likeness (QED) is 0.715. The van der Waals surface area contributed by atoms with Crippen molar-refractivity contribution in [3.63, 3.8) is 0 Å². The molecular weight excluding hydrogens is 180 g/mol. The zero-order chi connectivity index (χ0) is 8.84. The van der Waals surface area contributed by atoms with E-state index >= 15 is 0 Å². The van der Waals surface area contributed by atoms with Gasteiger partial charge < -0.3 is 0 Å². The van der Waals surface area contributed by atoms with Crippen LogP contribution in [0.5, 0.6) is 0 Å². The van der Waals surface area contributed by atoms with Crippen molar-refractivity contribution < 1.29 is 0 Å². The molecule has 1 fully saturated rings. The highest BCUT2D eigenvalue weighted by atomic mass is 32.1. The lowest BCUT2D eigenvalue weighted by atomic mass is 10.3. The van der Waals surface area contributed by atoms with Crippen LogP contribution in [-0.4, -0.2) is 9.78 Å². The summed E-state index contributed by atoms with van der Waals surface area (Å²) in [6.07, 6.45) is 3.68. The predicted octanol–water partition coefficient (Wildman–Crippen LogP) is 3.00. The molecule has 0 unspecified atom stereocenters. The Morgan fingerprint density at radius 3 is 3.15 bits per heavy atom. The zero-order valence-corrected chi connectivity index (χ0v) is 8.47. The second kappa shape index (κ2) is 2.58. The van der Waals surface area contributed by atoms with Gasteiger partial charge in [-0.3, -0.25) is 4.68 Å². The maximum absolute atomic E-state index is 4.66. The first-order valence-electron chi connectivity index (χ1n) is 4.84. The topological polar surface area (TPSA) is 17.8 Å². The molecule has 2 nitrogen and oxygen atoms in total. The second-order valence-corrected chi connectivity index (χ2v) is 4.53. The van der Waals surface area contributed by atoms with Gasteiger partial charge in [0.15, 0.2) is 0 Å². The number of aryl methyl sites for hydroxylation is 1. The summed E-state index contributed by atoms with van der Waals surface area (Å²) in [5, 5.41) is 6.83. The summed E-state index contributed by atoms with van der Waals surface area (Å²) in [5.74, 6) is 0. The normalized spacial score (nSPS) is 17.0. The molecule has 1 aliphatic carbocycles. The van der Waals surface area contributed by atoms with E-state index in [9.17, 15) is 0 Å². The molecule has 3 rings (SSSR count). The van der Waals surface area contributed by atoms with E-state index in [1.807, 2.05) is 11.3 Å². The van der Waals surface area contributed by atoms with Crippen molar-refractivity contribution in [2.75, 3.05) is 0 Å². The van der Waals surface area contributed by atoms with E-state index in [4.69, 9.17) is 0 Å². The van der Waals surface area contributed by atoms with E-state index in [0.29, 0.717) is 6.04 Å². The van der Waals surface area contributed by atoms with Crippen LogP contribution < -0.4 is 0 Å². The maximum Gasteiger partial charge on any atom is 0.0800 e. The average molecular weight is 192 g/mol. The van der Waals surface area contributed by atoms with Gasteiger partial charge in [-0.05, 0) is 30.7 Å². The molecular formula is C10H12N2S. The summed E-state index contributed by atoms with van der Waals surface area (Å²) in [7, 11) is 0. The van der Waals surface area contributed by atoms with Gasteiger partial charge in [-0.2, -0.15) is 5.10 Å². The first kappa shape index (κ1) is 7.56. The minimum atomic E-state index is 0.706. The van der Waals surface area contributed by atoms with Crippen LogP contribution in [0.15, 0.2) is 11.4 Å². The average Bonchev–Trinajstić information content (AvgIpc) is 2.77. The molecule has 0 aromatic carbocycles. The highest BCUT2D eigenvalue weighted by Gasteiger charge is 2.27. The molecule has 13 heavy (non-hydrogen) atoms. The minimum Gasteiger partial charge on any atom is -0.261 e. The Labute approximate surface area is 81.2 Å². The van der Waals surface area contributed by atoms with Crippen molar-refractivity contribution in [3.05, 3.63) is 17.1 Å². The van der Waals surface area contributed by atoms with Gasteiger partial charge in [0.05, 0.1) is 22.0 Å². The van der Waals surface area contributed by atoms with Gasteiger partial charge >= 0.3 is 0 Å². The first-order chi connectivity index (χ1) is 6.40. The van der Waals surface area contributed by atoms with E-state index < -0.39 is 0 Å². The maximum atomic E-state index is 4.66. The summed E-state index contributed by atoms with van der Waals surface area (Å²) < 4.78 is 3.62. The molecule has 3 heteroatoms. The lowest BCUT2D eigenvalue weighted by Gasteiger charge is -1.96. The summed E-state index contributed by atoms with van der Waals surface area (Å²) >= 11 is 1.82. The molecule has 0 aliphatic heterocycles. The number of fused-ring (bicyclic) bond motifs is 1. The first-order valence-corrected chi connectivity index (χ1v) is 5.72. The molecule has 0 amide bonds. The van der Waals surface area contributed by atoms with E-state index in [1.54, 1.807) is 0 Å². The van der Waals surface area contributed by atoms with Gasteiger partial charge in [0, 0.05) is 0 Å². The fourth-order valence-corrected chi connectivity index (χ4v) is 2.69. The molecule has 0 N–H and O–H groups in total. The van der Waals surface area contributed by atoms with Crippen molar-refractivity contribution in [3.8, 4) is 0 Å². The van der Waals surface area contributed by atoms with Crippen molar-refractivity contribution in [1.29, 1.82) is 0 Å². The number of thiophene rings is 1. The summed E-state index contributed by atoms with van der Waals surface area (Å²) in [6.45, 7) is 2.18. The summed E-state index contributed by atoms with van der Waals surface area (Å²) in [6, 6.07) is 2.90. The van der Waals surface area contributed by atoms with Gasteiger partial charge in [-0.15, -0.1) is 11.3 Å². The molecule has 0 spiro atoms. The Balaban J connectivity index is 2.26. The summed E-state index contributed by atoms with van der Waals surface area (Å²) in [4.78, 5) is 0. The lowest BCUT2D eigenvalue weighted by Crippen LogP contribution is -1.96. The number of aromatic nitrogens is 2. The Morgan fingerprint density at radius 1 is 1.62 bits per heavy atom. The molecule has 1 aliphatic rings. The van der Waals surface area contributed by atoms with Crippen molar-refractivity contribution in [2.45, 2.75) is 32.2 Å². The number of rotatable bonds is 2. The second-order valence-electron chi connectivity index (χ2n) is 3.61. The van der Waals surface area contributed by atoms with Gasteiger partial charge in [-0.25, -0.2) is 0 Å². The third-order valence-electron chi connectivity index (χ3n) is 2.61. The largest absolute Gasteiger partial charge is 0.261 e. The monoisotopic (exact) mass is 192 g/mol. The highest BCUT2D eigenvalue weighted by Crippen LogP contribution is 2.38. The van der Waals surface area contributed by atoms with E-state index in [2.05, 4.69) is 28.2 Å². The SMILES string of the molecule is CCc1nn(C2CC2)c2ccsc12. The van der Waals surface area contributed by atoms with Crippen LogP contribution in [0.2, 0.25) is 0 Å². The van der Waals surface area contributed by atoms with Crippen LogP contribution in [0.3, 0.4) is 0 Å². The van der Waals surface area contributed by atoms with Gasteiger partial charge in [-0.1, -0.05) is 6.92 Å². The Hall–Kier alpha value is -0.830.